The maximum absolute atomic E-state index is 2.26. The SMILES string of the molecule is Cc1cc2ccccc2c2ccccc12.Cc1ccc(C)cc1.Cc1ccc2c(ccc3ccccc32)c1.Cc1ccc2ccccc2c1.Cc1cccc(C(C)(C)C)c1.Cc1cccc(C)c1.Cc1cccc2ccccc12.Cc1ccccc1.Cc1ccccc1C.Cc1ccccc1C(C)(C)C. The van der Waals surface area contributed by atoms with Crippen LogP contribution in [0.3, 0.4) is 0 Å². The summed E-state index contributed by atoms with van der Waals surface area (Å²) in [6.07, 6.45) is 0. The Morgan fingerprint density at radius 2 is 0.476 bits per heavy atom. The van der Waals surface area contributed by atoms with E-state index in [-0.39, 0.29) is 10.8 Å². The third-order valence-electron chi connectivity index (χ3n) is 18.4. The van der Waals surface area contributed by atoms with Crippen LogP contribution in [0.1, 0.15) is 125 Å². The van der Waals surface area contributed by atoms with Crippen LogP contribution in [-0.4, -0.2) is 0 Å². The summed E-state index contributed by atoms with van der Waals surface area (Å²) in [5.74, 6) is 0. The van der Waals surface area contributed by atoms with Crippen LogP contribution in [0.25, 0.3) is 64.6 Å². The predicted molar refractivity (Wildman–Crippen MR) is 468 cm³/mol. The Bertz CT molecular complexity index is 5210. The molecule has 0 heteroatoms. The Hall–Kier alpha value is -10.9. The second kappa shape index (κ2) is 40.8. The third-order valence-corrected chi connectivity index (χ3v) is 18.4. The zero-order valence-electron chi connectivity index (χ0n) is 66.4. The lowest BCUT2D eigenvalue weighted by Crippen LogP contribution is -2.12. The van der Waals surface area contributed by atoms with E-state index in [2.05, 4.69) is 459 Å². The molecule has 0 saturated heterocycles. The first-order valence-corrected chi connectivity index (χ1v) is 37.1. The van der Waals surface area contributed by atoms with E-state index in [4.69, 9.17) is 0 Å². The Morgan fingerprint density at radius 1 is 0.152 bits per heavy atom. The number of hydrogen-bond acceptors (Lipinski definition) is 0. The highest BCUT2D eigenvalue weighted by molar-refractivity contribution is 6.09. The molecular weight excluding hydrogens is 1260 g/mol. The van der Waals surface area contributed by atoms with Gasteiger partial charge in [-0.25, -0.2) is 0 Å². The van der Waals surface area contributed by atoms with Gasteiger partial charge in [-0.05, 0) is 204 Å². The molecule has 0 amide bonds. The van der Waals surface area contributed by atoms with Gasteiger partial charge in [-0.3, -0.25) is 0 Å². The molecule has 0 spiro atoms. The molecule has 0 atom stereocenters. The molecule has 0 radical (unpaired) electrons. The molecule has 0 aromatic heterocycles. The molecule has 0 fully saturated rings. The van der Waals surface area contributed by atoms with Crippen LogP contribution >= 0.6 is 0 Å². The number of fused-ring (bicyclic) bond motifs is 8. The lowest BCUT2D eigenvalue weighted by Gasteiger charge is -2.21. The van der Waals surface area contributed by atoms with Crippen molar-refractivity contribution in [2.45, 2.75) is 142 Å². The molecule has 0 aliphatic carbocycles. The van der Waals surface area contributed by atoms with Gasteiger partial charge in [0.25, 0.3) is 0 Å². The third kappa shape index (κ3) is 27.0. The second-order valence-corrected chi connectivity index (χ2v) is 29.9. The standard InChI is InChI=1S/2C15H12.2C11H10.2C11H16.3C8H10.C7H8/c1-11-10-12-6-2-3-8-14(12)15-9-5-4-7-13(11)15;1-11-6-9-15-13(10-11)8-7-12-4-2-3-5-14(12)15;1-9-5-4-7-10-6-2-3-8-11(9)10;1-9-6-7-10-4-2-3-5-11(10)8-9;1-9-6-5-7-10(8-9)11(2,3)4;1-9-7-5-6-8-10(9)11(2,3)4;1-7-3-5-8(2)6-4-7;1-7-4-3-5-8(2)6-7;1-7-5-3-4-6-8(7)2;1-7-5-3-2-4-6-7/h2*2-10H,1H3;2*2-8H,1H3;2*5-8H,1-4H3;3*3-6H,1-2H3;2-6H,1H3. The number of aryl methyl sites for hydroxylation is 13. The average molecular weight is 1380 g/mol. The Balaban J connectivity index is 0.000000165. The van der Waals surface area contributed by atoms with E-state index < -0.39 is 0 Å². The molecule has 0 aliphatic rings. The van der Waals surface area contributed by atoms with E-state index >= 15 is 0 Å². The number of rotatable bonds is 0. The molecule has 0 saturated carbocycles. The molecule has 105 heavy (non-hydrogen) atoms. The molecule has 0 aliphatic heterocycles. The van der Waals surface area contributed by atoms with Gasteiger partial charge in [-0.1, -0.05) is 432 Å². The van der Waals surface area contributed by atoms with Crippen LogP contribution in [0.4, 0.5) is 0 Å². The molecule has 0 N–H and O–H groups in total. The molecule has 16 aromatic rings. The number of hydrogen-bond donors (Lipinski definition) is 0. The highest BCUT2D eigenvalue weighted by Gasteiger charge is 2.15. The van der Waals surface area contributed by atoms with Gasteiger partial charge in [0.2, 0.25) is 0 Å². The predicted octanol–water partition coefficient (Wildman–Crippen LogP) is 30.4. The van der Waals surface area contributed by atoms with Gasteiger partial charge < -0.3 is 0 Å². The highest BCUT2D eigenvalue weighted by atomic mass is 14.2. The van der Waals surface area contributed by atoms with E-state index in [1.807, 2.05) is 18.2 Å². The van der Waals surface area contributed by atoms with Gasteiger partial charge in [-0.15, -0.1) is 0 Å². The topological polar surface area (TPSA) is 0 Å². The summed E-state index contributed by atoms with van der Waals surface area (Å²) < 4.78 is 0. The zero-order chi connectivity index (χ0) is 75.9. The quantitative estimate of drug-likeness (QED) is 0.133. The molecule has 534 valence electrons. The van der Waals surface area contributed by atoms with Gasteiger partial charge >= 0.3 is 0 Å². The summed E-state index contributed by atoms with van der Waals surface area (Å²) in [5, 5.41) is 16.0. The smallest absolute Gasteiger partial charge is 0.0103 e. The summed E-state index contributed by atoms with van der Waals surface area (Å²) in [5.41, 5.74) is 20.9. The normalized spacial score (nSPS) is 10.4. The van der Waals surface area contributed by atoms with Crippen LogP contribution in [0.2, 0.25) is 0 Å². The maximum atomic E-state index is 2.26. The fraction of sp³-hybridized carbons (Fsp3) is 0.200. The summed E-state index contributed by atoms with van der Waals surface area (Å²) in [6.45, 7) is 41.0. The van der Waals surface area contributed by atoms with Crippen molar-refractivity contribution < 1.29 is 0 Å². The molecule has 0 unspecified atom stereocenters. The minimum absolute atomic E-state index is 0.283. The summed E-state index contributed by atoms with van der Waals surface area (Å²) in [4.78, 5) is 0. The van der Waals surface area contributed by atoms with Crippen molar-refractivity contribution in [2.75, 3.05) is 0 Å². The highest BCUT2D eigenvalue weighted by Crippen LogP contribution is 2.30. The van der Waals surface area contributed by atoms with Crippen molar-refractivity contribution in [2.24, 2.45) is 0 Å². The molecular formula is C105H114. The van der Waals surface area contributed by atoms with Crippen molar-refractivity contribution in [1.82, 2.24) is 0 Å². The van der Waals surface area contributed by atoms with E-state index in [1.54, 1.807) is 0 Å². The minimum Gasteiger partial charge on any atom is -0.0622 e. The largest absolute Gasteiger partial charge is 0.0622 e. The number of benzene rings is 16. The average Bonchev–Trinajstić information content (AvgIpc) is 0.797. The summed E-state index contributed by atoms with van der Waals surface area (Å²) >= 11 is 0. The molecule has 16 aromatic carbocycles. The van der Waals surface area contributed by atoms with Crippen LogP contribution in [0.15, 0.2) is 346 Å². The van der Waals surface area contributed by atoms with Crippen LogP contribution in [0, 0.1) is 90.0 Å². The summed E-state index contributed by atoms with van der Waals surface area (Å²) in [7, 11) is 0. The van der Waals surface area contributed by atoms with Crippen molar-refractivity contribution in [3.63, 3.8) is 0 Å². The van der Waals surface area contributed by atoms with Gasteiger partial charge in [0.15, 0.2) is 0 Å². The fourth-order valence-electron chi connectivity index (χ4n) is 12.2. The van der Waals surface area contributed by atoms with Gasteiger partial charge in [0.05, 0.1) is 0 Å². The van der Waals surface area contributed by atoms with E-state index in [1.165, 1.54) is 148 Å². The lowest BCUT2D eigenvalue weighted by molar-refractivity contribution is 0.586. The molecule has 16 rings (SSSR count). The Kier molecular flexibility index (Phi) is 31.6. The molecule has 0 nitrogen and oxygen atoms in total. The van der Waals surface area contributed by atoms with Crippen molar-refractivity contribution >= 4 is 64.6 Å². The minimum atomic E-state index is 0.283. The van der Waals surface area contributed by atoms with Gasteiger partial charge in [0, 0.05) is 0 Å². The van der Waals surface area contributed by atoms with Crippen LogP contribution < -0.4 is 0 Å². The Morgan fingerprint density at radius 3 is 0.952 bits per heavy atom. The van der Waals surface area contributed by atoms with Gasteiger partial charge in [0.1, 0.15) is 0 Å². The van der Waals surface area contributed by atoms with Crippen LogP contribution in [0.5, 0.6) is 0 Å². The Labute approximate surface area is 632 Å². The monoisotopic (exact) mass is 1370 g/mol. The first-order chi connectivity index (χ1) is 50.2. The fourth-order valence-corrected chi connectivity index (χ4v) is 12.2. The second-order valence-electron chi connectivity index (χ2n) is 29.9. The van der Waals surface area contributed by atoms with Gasteiger partial charge in [-0.2, -0.15) is 0 Å². The molecule has 0 heterocycles. The molecule has 0 bridgehead atoms. The van der Waals surface area contributed by atoms with E-state index in [0.29, 0.717) is 0 Å². The van der Waals surface area contributed by atoms with Crippen molar-refractivity contribution in [3.8, 4) is 0 Å². The van der Waals surface area contributed by atoms with Crippen molar-refractivity contribution in [1.29, 1.82) is 0 Å². The van der Waals surface area contributed by atoms with Crippen LogP contribution in [-0.2, 0) is 10.8 Å². The zero-order valence-corrected chi connectivity index (χ0v) is 66.4. The first-order valence-electron chi connectivity index (χ1n) is 37.1. The van der Waals surface area contributed by atoms with E-state index in [0.717, 1.165) is 0 Å². The van der Waals surface area contributed by atoms with Crippen molar-refractivity contribution in [3.05, 3.63) is 429 Å². The first kappa shape index (κ1) is 81.4. The summed E-state index contributed by atoms with van der Waals surface area (Å²) in [6, 6.07) is 122. The maximum Gasteiger partial charge on any atom is -0.0103 e. The van der Waals surface area contributed by atoms with E-state index in [9.17, 15) is 0 Å². The lowest BCUT2D eigenvalue weighted by atomic mass is 9.84.